The second-order valence-corrected chi connectivity index (χ2v) is 4.92. The quantitative estimate of drug-likeness (QED) is 0.855. The Morgan fingerprint density at radius 3 is 2.56 bits per heavy atom. The zero-order chi connectivity index (χ0) is 13.3. The second kappa shape index (κ2) is 4.79. The van der Waals surface area contributed by atoms with Crippen molar-refractivity contribution in [2.45, 2.75) is 25.1 Å². The van der Waals surface area contributed by atoms with Gasteiger partial charge in [-0.3, -0.25) is 0 Å². The normalized spacial score (nSPS) is 15.3. The predicted molar refractivity (Wildman–Crippen MR) is 64.3 cm³/mol. The summed E-state index contributed by atoms with van der Waals surface area (Å²) in [6.07, 6.45) is -2.60. The van der Waals surface area contributed by atoms with Crippen molar-refractivity contribution in [1.82, 2.24) is 5.32 Å². The van der Waals surface area contributed by atoms with Gasteiger partial charge in [0.1, 0.15) is 0 Å². The van der Waals surface area contributed by atoms with Crippen LogP contribution in [0.1, 0.15) is 18.4 Å². The molecular weight excluding hydrogens is 313 g/mol. The first-order valence-electron chi connectivity index (χ1n) is 5.30. The summed E-state index contributed by atoms with van der Waals surface area (Å²) in [6, 6.07) is 2.77. The van der Waals surface area contributed by atoms with Crippen molar-refractivity contribution in [2.24, 2.45) is 0 Å². The molecule has 2 rings (SSSR count). The largest absolute Gasteiger partial charge is 0.416 e. The number of hydrogen-bond donors (Lipinski definition) is 2. The summed E-state index contributed by atoms with van der Waals surface area (Å²) in [5, 5.41) is 5.03. The molecule has 0 radical (unpaired) electrons. The first-order chi connectivity index (χ1) is 8.36. The van der Waals surface area contributed by atoms with E-state index < -0.39 is 17.8 Å². The van der Waals surface area contributed by atoms with E-state index in [0.717, 1.165) is 25.0 Å². The van der Waals surface area contributed by atoms with Crippen LogP contribution in [0.25, 0.3) is 0 Å². The molecule has 1 saturated carbocycles. The van der Waals surface area contributed by atoms with Crippen LogP contribution in [0.15, 0.2) is 22.7 Å². The molecule has 0 bridgehead atoms. The van der Waals surface area contributed by atoms with E-state index in [-0.39, 0.29) is 11.7 Å². The lowest BCUT2D eigenvalue weighted by Crippen LogP contribution is -2.30. The van der Waals surface area contributed by atoms with E-state index in [1.165, 1.54) is 6.07 Å². The Morgan fingerprint density at radius 1 is 1.33 bits per heavy atom. The fourth-order valence-corrected chi connectivity index (χ4v) is 1.71. The molecule has 0 saturated heterocycles. The molecule has 1 aliphatic rings. The van der Waals surface area contributed by atoms with Crippen LogP contribution in [-0.2, 0) is 6.18 Å². The number of alkyl halides is 3. The fraction of sp³-hybridized carbons (Fsp3) is 0.364. The van der Waals surface area contributed by atoms with Crippen LogP contribution in [0.2, 0.25) is 0 Å². The molecule has 98 valence electrons. The van der Waals surface area contributed by atoms with Crippen molar-refractivity contribution in [3.63, 3.8) is 0 Å². The molecule has 1 aromatic carbocycles. The third-order valence-corrected chi connectivity index (χ3v) is 3.15. The lowest BCUT2D eigenvalue weighted by Gasteiger charge is -2.12. The van der Waals surface area contributed by atoms with Crippen molar-refractivity contribution >= 4 is 27.6 Å². The highest BCUT2D eigenvalue weighted by molar-refractivity contribution is 9.10. The molecule has 0 aliphatic heterocycles. The van der Waals surface area contributed by atoms with E-state index in [2.05, 4.69) is 26.6 Å². The zero-order valence-corrected chi connectivity index (χ0v) is 10.7. The minimum Gasteiger partial charge on any atom is -0.335 e. The fourth-order valence-electron chi connectivity index (χ4n) is 1.37. The van der Waals surface area contributed by atoms with Crippen molar-refractivity contribution in [3.05, 3.63) is 28.2 Å². The van der Waals surface area contributed by atoms with E-state index >= 15 is 0 Å². The highest BCUT2D eigenvalue weighted by atomic mass is 79.9. The lowest BCUT2D eigenvalue weighted by atomic mass is 10.2. The van der Waals surface area contributed by atoms with Crippen LogP contribution in [0.5, 0.6) is 0 Å². The third kappa shape index (κ3) is 3.38. The molecule has 1 aliphatic carbocycles. The van der Waals surface area contributed by atoms with Crippen LogP contribution in [0, 0.1) is 0 Å². The number of benzene rings is 1. The van der Waals surface area contributed by atoms with Gasteiger partial charge in [0, 0.05) is 10.5 Å². The molecule has 2 amide bonds. The Kier molecular flexibility index (Phi) is 3.52. The number of nitrogens with one attached hydrogen (secondary N) is 2. The first-order valence-corrected chi connectivity index (χ1v) is 6.10. The Labute approximate surface area is 110 Å². The van der Waals surface area contributed by atoms with Gasteiger partial charge in [0.2, 0.25) is 0 Å². The summed E-state index contributed by atoms with van der Waals surface area (Å²) in [7, 11) is 0. The van der Waals surface area contributed by atoms with E-state index in [1.54, 1.807) is 0 Å². The Morgan fingerprint density at radius 2 is 2.00 bits per heavy atom. The molecule has 1 fully saturated rings. The van der Waals surface area contributed by atoms with Crippen molar-refractivity contribution in [3.8, 4) is 0 Å². The summed E-state index contributed by atoms with van der Waals surface area (Å²) < 4.78 is 37.9. The minimum absolute atomic E-state index is 0.1000. The highest BCUT2D eigenvalue weighted by Gasteiger charge is 2.31. The number of amides is 2. The summed E-state index contributed by atoms with van der Waals surface area (Å²) in [4.78, 5) is 11.5. The van der Waals surface area contributed by atoms with Crippen LogP contribution >= 0.6 is 15.9 Å². The maximum atomic E-state index is 12.5. The maximum absolute atomic E-state index is 12.5. The van der Waals surface area contributed by atoms with Crippen molar-refractivity contribution in [1.29, 1.82) is 0 Å². The molecule has 18 heavy (non-hydrogen) atoms. The molecule has 1 aromatic rings. The van der Waals surface area contributed by atoms with Crippen LogP contribution in [0.4, 0.5) is 23.7 Å². The smallest absolute Gasteiger partial charge is 0.335 e. The standard InChI is InChI=1S/C11H10BrF3N2O/c12-8-4-1-6(11(13,14)15)5-9(8)17-10(18)16-7-2-3-7/h1,4-5,7H,2-3H2,(H2,16,17,18). The molecule has 0 unspecified atom stereocenters. The number of halogens is 4. The molecule has 7 heteroatoms. The lowest BCUT2D eigenvalue weighted by molar-refractivity contribution is -0.137. The van der Waals surface area contributed by atoms with Gasteiger partial charge < -0.3 is 10.6 Å². The topological polar surface area (TPSA) is 41.1 Å². The highest BCUT2D eigenvalue weighted by Crippen LogP contribution is 2.34. The predicted octanol–water partition coefficient (Wildman–Crippen LogP) is 3.75. The van der Waals surface area contributed by atoms with Gasteiger partial charge in [0.05, 0.1) is 11.3 Å². The summed E-state index contributed by atoms with van der Waals surface area (Å²) in [6.45, 7) is 0. The number of carbonyl (C=O) groups excluding carboxylic acids is 1. The van der Waals surface area contributed by atoms with Gasteiger partial charge in [-0.25, -0.2) is 4.79 Å². The van der Waals surface area contributed by atoms with E-state index in [9.17, 15) is 18.0 Å². The van der Waals surface area contributed by atoms with Gasteiger partial charge in [-0.05, 0) is 47.0 Å². The second-order valence-electron chi connectivity index (χ2n) is 4.07. The molecule has 2 N–H and O–H groups in total. The number of anilines is 1. The van der Waals surface area contributed by atoms with E-state index in [4.69, 9.17) is 0 Å². The SMILES string of the molecule is O=C(Nc1cc(C(F)(F)F)ccc1Br)NC1CC1. The van der Waals surface area contributed by atoms with Gasteiger partial charge >= 0.3 is 12.2 Å². The summed E-state index contributed by atoms with van der Waals surface area (Å²) in [5.41, 5.74) is -0.699. The number of rotatable bonds is 2. The molecule has 0 aromatic heterocycles. The number of urea groups is 1. The van der Waals surface area contributed by atoms with Crippen LogP contribution in [-0.4, -0.2) is 12.1 Å². The molecule has 0 atom stereocenters. The van der Waals surface area contributed by atoms with Crippen LogP contribution < -0.4 is 10.6 Å². The Balaban J connectivity index is 2.12. The minimum atomic E-state index is -4.43. The average Bonchev–Trinajstić information content (AvgIpc) is 3.03. The van der Waals surface area contributed by atoms with E-state index in [0.29, 0.717) is 4.47 Å². The van der Waals surface area contributed by atoms with Gasteiger partial charge in [0.25, 0.3) is 0 Å². The van der Waals surface area contributed by atoms with E-state index in [1.807, 2.05) is 0 Å². The molecule has 0 spiro atoms. The number of hydrogen-bond acceptors (Lipinski definition) is 1. The van der Waals surface area contributed by atoms with Crippen molar-refractivity contribution in [2.75, 3.05) is 5.32 Å². The monoisotopic (exact) mass is 322 g/mol. The number of carbonyl (C=O) groups is 1. The van der Waals surface area contributed by atoms with Gasteiger partial charge in [0.15, 0.2) is 0 Å². The molecular formula is C11H10BrF3N2O. The molecule has 0 heterocycles. The summed E-state index contributed by atoms with van der Waals surface area (Å²) >= 11 is 3.10. The summed E-state index contributed by atoms with van der Waals surface area (Å²) in [5.74, 6) is 0. The third-order valence-electron chi connectivity index (χ3n) is 2.45. The van der Waals surface area contributed by atoms with Crippen molar-refractivity contribution < 1.29 is 18.0 Å². The van der Waals surface area contributed by atoms with Gasteiger partial charge in [-0.2, -0.15) is 13.2 Å². The molecule has 3 nitrogen and oxygen atoms in total. The van der Waals surface area contributed by atoms with Crippen LogP contribution in [0.3, 0.4) is 0 Å². The first kappa shape index (κ1) is 13.2. The Bertz CT molecular complexity index is 472. The zero-order valence-electron chi connectivity index (χ0n) is 9.14. The Hall–Kier alpha value is -1.24. The average molecular weight is 323 g/mol. The van der Waals surface area contributed by atoms with Gasteiger partial charge in [-0.1, -0.05) is 0 Å². The maximum Gasteiger partial charge on any atom is 0.416 e. The van der Waals surface area contributed by atoms with Gasteiger partial charge in [-0.15, -0.1) is 0 Å².